The predicted octanol–water partition coefficient (Wildman–Crippen LogP) is 4.74. The molecule has 1 heterocycles. The summed E-state index contributed by atoms with van der Waals surface area (Å²) in [4.78, 5) is 14.8. The third-order valence-corrected chi connectivity index (χ3v) is 3.22. The van der Waals surface area contributed by atoms with E-state index < -0.39 is 34.7 Å². The Kier molecular flexibility index (Phi) is 5.72. The number of carbonyl (C=O) groups excluding carboxylic acids is 1. The third kappa shape index (κ3) is 4.39. The highest BCUT2D eigenvalue weighted by atomic mass is 32.2. The molecule has 0 radical (unpaired) electrons. The molecule has 118 valence electrons. The Morgan fingerprint density at radius 1 is 1.33 bits per heavy atom. The van der Waals surface area contributed by atoms with E-state index in [0.29, 0.717) is 17.8 Å². The molecule has 0 spiro atoms. The molecule has 0 fully saturated rings. The number of hydrogen-bond acceptors (Lipinski definition) is 3. The minimum Gasteiger partial charge on any atom is -0.281 e. The SMILES string of the molecule is CSC(=O)c1c(CC(C)C)cc(C(F)(F)F)nc1C(F)F. The van der Waals surface area contributed by atoms with Crippen LogP contribution in [0.1, 0.15) is 47.6 Å². The number of halogens is 5. The molecule has 0 unspecified atom stereocenters. The second kappa shape index (κ2) is 6.72. The average Bonchev–Trinajstić information content (AvgIpc) is 2.34. The molecule has 1 aromatic rings. The number of aromatic nitrogens is 1. The average molecular weight is 327 g/mol. The quantitative estimate of drug-likeness (QED) is 0.748. The summed E-state index contributed by atoms with van der Waals surface area (Å²) in [6, 6.07) is 0.690. The summed E-state index contributed by atoms with van der Waals surface area (Å²) >= 11 is 0.671. The van der Waals surface area contributed by atoms with Crippen molar-refractivity contribution in [2.24, 2.45) is 5.92 Å². The molecule has 21 heavy (non-hydrogen) atoms. The number of alkyl halides is 5. The van der Waals surface area contributed by atoms with E-state index in [-0.39, 0.29) is 17.9 Å². The van der Waals surface area contributed by atoms with Crippen LogP contribution in [0.4, 0.5) is 22.0 Å². The van der Waals surface area contributed by atoms with Crippen LogP contribution in [0.2, 0.25) is 0 Å². The van der Waals surface area contributed by atoms with Gasteiger partial charge in [-0.3, -0.25) is 4.79 Å². The molecule has 0 aliphatic heterocycles. The van der Waals surface area contributed by atoms with Crippen molar-refractivity contribution in [3.63, 3.8) is 0 Å². The Morgan fingerprint density at radius 3 is 2.29 bits per heavy atom. The normalized spacial score (nSPS) is 12.3. The number of rotatable bonds is 4. The summed E-state index contributed by atoms with van der Waals surface area (Å²) in [5.74, 6) is -0.0904. The highest BCUT2D eigenvalue weighted by molar-refractivity contribution is 8.13. The maximum absolute atomic E-state index is 13.0. The zero-order chi connectivity index (χ0) is 16.4. The first-order valence-corrected chi connectivity index (χ1v) is 7.27. The van der Waals surface area contributed by atoms with Crippen molar-refractivity contribution in [2.45, 2.75) is 32.9 Å². The maximum Gasteiger partial charge on any atom is 0.433 e. The molecule has 0 bridgehead atoms. The third-order valence-electron chi connectivity index (χ3n) is 2.64. The van der Waals surface area contributed by atoms with Gasteiger partial charge >= 0.3 is 6.18 Å². The van der Waals surface area contributed by atoms with Crippen LogP contribution in [-0.4, -0.2) is 16.4 Å². The zero-order valence-electron chi connectivity index (χ0n) is 11.6. The topological polar surface area (TPSA) is 30.0 Å². The first-order valence-electron chi connectivity index (χ1n) is 6.05. The summed E-state index contributed by atoms with van der Waals surface area (Å²) in [5, 5.41) is -0.706. The number of hydrogen-bond donors (Lipinski definition) is 0. The van der Waals surface area contributed by atoms with Crippen LogP contribution in [0.5, 0.6) is 0 Å². The molecular weight excluding hydrogens is 313 g/mol. The van der Waals surface area contributed by atoms with E-state index in [0.717, 1.165) is 0 Å². The van der Waals surface area contributed by atoms with Gasteiger partial charge in [-0.15, -0.1) is 0 Å². The lowest BCUT2D eigenvalue weighted by molar-refractivity contribution is -0.141. The Labute approximate surface area is 123 Å². The van der Waals surface area contributed by atoms with Gasteiger partial charge in [-0.05, 0) is 30.2 Å². The van der Waals surface area contributed by atoms with Crippen LogP contribution in [-0.2, 0) is 12.6 Å². The van der Waals surface area contributed by atoms with E-state index in [1.165, 1.54) is 6.26 Å². The predicted molar refractivity (Wildman–Crippen MR) is 70.6 cm³/mol. The molecule has 0 aliphatic carbocycles. The minimum atomic E-state index is -4.84. The van der Waals surface area contributed by atoms with Crippen molar-refractivity contribution in [3.05, 3.63) is 28.6 Å². The molecule has 0 atom stereocenters. The highest BCUT2D eigenvalue weighted by Gasteiger charge is 2.36. The van der Waals surface area contributed by atoms with Gasteiger partial charge in [0.05, 0.1) is 5.56 Å². The molecule has 0 saturated heterocycles. The van der Waals surface area contributed by atoms with E-state index in [1.807, 2.05) is 0 Å². The van der Waals surface area contributed by atoms with E-state index in [9.17, 15) is 26.7 Å². The first kappa shape index (κ1) is 17.9. The fourth-order valence-corrected chi connectivity index (χ4v) is 2.30. The van der Waals surface area contributed by atoms with Gasteiger partial charge in [0.15, 0.2) is 0 Å². The second-order valence-corrected chi connectivity index (χ2v) is 5.59. The smallest absolute Gasteiger partial charge is 0.281 e. The van der Waals surface area contributed by atoms with Crippen molar-refractivity contribution in [1.29, 1.82) is 0 Å². The fraction of sp³-hybridized carbons (Fsp3) is 0.538. The lowest BCUT2D eigenvalue weighted by atomic mass is 9.96. The molecule has 0 amide bonds. The summed E-state index contributed by atoms with van der Waals surface area (Å²) in [6.45, 7) is 3.45. The van der Waals surface area contributed by atoms with Crippen LogP contribution in [0, 0.1) is 5.92 Å². The fourth-order valence-electron chi connectivity index (χ4n) is 1.86. The summed E-state index contributed by atoms with van der Waals surface area (Å²) in [7, 11) is 0. The maximum atomic E-state index is 13.0. The summed E-state index contributed by atoms with van der Waals surface area (Å²) in [6.07, 6.45) is -6.61. The van der Waals surface area contributed by atoms with E-state index >= 15 is 0 Å². The summed E-state index contributed by atoms with van der Waals surface area (Å²) in [5.41, 5.74) is -2.94. The number of carbonyl (C=O) groups is 1. The van der Waals surface area contributed by atoms with Crippen molar-refractivity contribution in [2.75, 3.05) is 6.26 Å². The second-order valence-electron chi connectivity index (χ2n) is 4.81. The molecule has 2 nitrogen and oxygen atoms in total. The van der Waals surface area contributed by atoms with Crippen molar-refractivity contribution >= 4 is 16.9 Å². The minimum absolute atomic E-state index is 0.0398. The van der Waals surface area contributed by atoms with Gasteiger partial charge in [-0.25, -0.2) is 13.8 Å². The van der Waals surface area contributed by atoms with Crippen LogP contribution in [0.15, 0.2) is 6.07 Å². The summed E-state index contributed by atoms with van der Waals surface area (Å²) < 4.78 is 64.3. The monoisotopic (exact) mass is 327 g/mol. The molecule has 0 aliphatic rings. The Bertz CT molecular complexity index is 528. The largest absolute Gasteiger partial charge is 0.433 e. The van der Waals surface area contributed by atoms with E-state index in [4.69, 9.17) is 0 Å². The molecule has 1 aromatic heterocycles. The lowest BCUT2D eigenvalue weighted by Gasteiger charge is -2.17. The van der Waals surface area contributed by atoms with Gasteiger partial charge < -0.3 is 0 Å². The van der Waals surface area contributed by atoms with Gasteiger partial charge in [-0.2, -0.15) is 13.2 Å². The van der Waals surface area contributed by atoms with Crippen LogP contribution in [0.3, 0.4) is 0 Å². The molecule has 0 N–H and O–H groups in total. The van der Waals surface area contributed by atoms with E-state index in [2.05, 4.69) is 4.98 Å². The molecular formula is C13H14F5NOS. The van der Waals surface area contributed by atoms with Gasteiger partial charge in [0, 0.05) is 0 Å². The number of thioether (sulfide) groups is 1. The van der Waals surface area contributed by atoms with Gasteiger partial charge in [0.2, 0.25) is 5.12 Å². The van der Waals surface area contributed by atoms with Crippen LogP contribution >= 0.6 is 11.8 Å². The van der Waals surface area contributed by atoms with Crippen LogP contribution in [0.25, 0.3) is 0 Å². The van der Waals surface area contributed by atoms with Crippen molar-refractivity contribution < 1.29 is 26.7 Å². The van der Waals surface area contributed by atoms with Gasteiger partial charge in [-0.1, -0.05) is 25.6 Å². The number of nitrogens with zero attached hydrogens (tertiary/aromatic N) is 1. The Morgan fingerprint density at radius 2 is 1.90 bits per heavy atom. The van der Waals surface area contributed by atoms with Gasteiger partial charge in [0.25, 0.3) is 6.43 Å². The molecule has 0 saturated carbocycles. The number of pyridine rings is 1. The Hall–Kier alpha value is -1.18. The van der Waals surface area contributed by atoms with Gasteiger partial charge in [0.1, 0.15) is 11.4 Å². The molecule has 8 heteroatoms. The molecule has 1 rings (SSSR count). The highest BCUT2D eigenvalue weighted by Crippen LogP contribution is 2.34. The lowest BCUT2D eigenvalue weighted by Crippen LogP contribution is -2.16. The first-order chi connectivity index (χ1) is 9.57. The Balaban J connectivity index is 3.61. The standard InChI is InChI=1S/C13H14F5NOS/c1-6(2)4-7-5-8(13(16,17)18)19-10(11(14)15)9(7)12(20)21-3/h5-6,11H,4H2,1-3H3. The van der Waals surface area contributed by atoms with Crippen LogP contribution < -0.4 is 0 Å². The van der Waals surface area contributed by atoms with Crippen molar-refractivity contribution in [1.82, 2.24) is 4.98 Å². The van der Waals surface area contributed by atoms with E-state index in [1.54, 1.807) is 13.8 Å². The van der Waals surface area contributed by atoms with Crippen molar-refractivity contribution in [3.8, 4) is 0 Å². The zero-order valence-corrected chi connectivity index (χ0v) is 12.4. The molecule has 0 aromatic carbocycles.